The van der Waals surface area contributed by atoms with Gasteiger partial charge in [0.2, 0.25) is 5.91 Å². The predicted octanol–water partition coefficient (Wildman–Crippen LogP) is 2.44. The van der Waals surface area contributed by atoms with Crippen molar-refractivity contribution in [2.75, 3.05) is 6.54 Å². The highest BCUT2D eigenvalue weighted by Crippen LogP contribution is 2.11. The molecule has 0 unspecified atom stereocenters. The molecule has 1 amide bonds. The molecule has 1 aromatic rings. The molecule has 4 nitrogen and oxygen atoms in total. The van der Waals surface area contributed by atoms with Crippen LogP contribution in [0, 0.1) is 12.7 Å². The van der Waals surface area contributed by atoms with Gasteiger partial charge in [-0.2, -0.15) is 0 Å². The third-order valence-corrected chi connectivity index (χ3v) is 2.98. The number of hydrogen-bond acceptors (Lipinski definition) is 2. The highest BCUT2D eigenvalue weighted by molar-refractivity contribution is 5.75. The Bertz CT molecular complexity index is 474. The molecule has 0 bridgehead atoms. The molecule has 0 aromatic heterocycles. The molecular formula is C15H20FNO3. The number of hydrogen-bond donors (Lipinski definition) is 2. The maximum absolute atomic E-state index is 13.1. The summed E-state index contributed by atoms with van der Waals surface area (Å²) in [6.07, 6.45) is 2.32. The standard InChI is InChI=1S/C15H20FNO3/c1-11-10-12(7-8-13(11)16)4-2-5-14(18)17-9-3-6-15(19)20/h7-8,10H,2-6,9H2,1H3,(H,17,18)(H,19,20). The summed E-state index contributed by atoms with van der Waals surface area (Å²) in [4.78, 5) is 21.8. The molecule has 1 aromatic carbocycles. The minimum absolute atomic E-state index is 0.0646. The van der Waals surface area contributed by atoms with Gasteiger partial charge in [-0.1, -0.05) is 12.1 Å². The number of aryl methyl sites for hydroxylation is 2. The summed E-state index contributed by atoms with van der Waals surface area (Å²) in [5.41, 5.74) is 1.63. The number of aliphatic carboxylic acids is 1. The van der Waals surface area contributed by atoms with E-state index in [0.29, 0.717) is 31.4 Å². The van der Waals surface area contributed by atoms with E-state index in [2.05, 4.69) is 5.32 Å². The molecule has 2 N–H and O–H groups in total. The summed E-state index contributed by atoms with van der Waals surface area (Å²) < 4.78 is 13.1. The molecule has 0 atom stereocenters. The van der Waals surface area contributed by atoms with Crippen LogP contribution in [0.5, 0.6) is 0 Å². The van der Waals surface area contributed by atoms with E-state index in [-0.39, 0.29) is 18.1 Å². The first kappa shape index (κ1) is 16.1. The lowest BCUT2D eigenvalue weighted by atomic mass is 10.1. The van der Waals surface area contributed by atoms with Crippen molar-refractivity contribution in [2.24, 2.45) is 0 Å². The van der Waals surface area contributed by atoms with E-state index in [1.807, 2.05) is 0 Å². The largest absolute Gasteiger partial charge is 0.481 e. The fraction of sp³-hybridized carbons (Fsp3) is 0.467. The monoisotopic (exact) mass is 281 g/mol. The van der Waals surface area contributed by atoms with Crippen molar-refractivity contribution in [1.82, 2.24) is 5.32 Å². The van der Waals surface area contributed by atoms with Gasteiger partial charge >= 0.3 is 5.97 Å². The zero-order valence-electron chi connectivity index (χ0n) is 11.6. The average Bonchev–Trinajstić information content (AvgIpc) is 2.39. The van der Waals surface area contributed by atoms with Crippen molar-refractivity contribution in [2.45, 2.75) is 39.0 Å². The van der Waals surface area contributed by atoms with Crippen molar-refractivity contribution in [3.05, 3.63) is 35.1 Å². The first-order valence-electron chi connectivity index (χ1n) is 6.72. The molecule has 0 spiro atoms. The molecule has 0 heterocycles. The van der Waals surface area contributed by atoms with Crippen molar-refractivity contribution >= 4 is 11.9 Å². The van der Waals surface area contributed by atoms with Crippen molar-refractivity contribution < 1.29 is 19.1 Å². The van der Waals surface area contributed by atoms with Crippen LogP contribution in [-0.4, -0.2) is 23.5 Å². The Morgan fingerprint density at radius 1 is 1.25 bits per heavy atom. The molecule has 0 aliphatic rings. The van der Waals surface area contributed by atoms with Crippen molar-refractivity contribution in [3.8, 4) is 0 Å². The zero-order valence-corrected chi connectivity index (χ0v) is 11.6. The minimum Gasteiger partial charge on any atom is -0.481 e. The summed E-state index contributed by atoms with van der Waals surface area (Å²) in [5, 5.41) is 11.1. The van der Waals surface area contributed by atoms with Crippen LogP contribution in [0.1, 0.15) is 36.8 Å². The molecule has 20 heavy (non-hydrogen) atoms. The van der Waals surface area contributed by atoms with E-state index in [0.717, 1.165) is 12.0 Å². The van der Waals surface area contributed by atoms with Crippen LogP contribution in [0.2, 0.25) is 0 Å². The second-order valence-electron chi connectivity index (χ2n) is 4.78. The lowest BCUT2D eigenvalue weighted by molar-refractivity contribution is -0.137. The topological polar surface area (TPSA) is 66.4 Å². The Kier molecular flexibility index (Phi) is 6.70. The Balaban J connectivity index is 2.18. The summed E-state index contributed by atoms with van der Waals surface area (Å²) in [5.74, 6) is -1.15. The van der Waals surface area contributed by atoms with Crippen LogP contribution >= 0.6 is 0 Å². The summed E-state index contributed by atoms with van der Waals surface area (Å²) in [7, 11) is 0. The van der Waals surface area contributed by atoms with Gasteiger partial charge < -0.3 is 10.4 Å². The van der Waals surface area contributed by atoms with Gasteiger partial charge in [-0.15, -0.1) is 0 Å². The number of nitrogens with one attached hydrogen (secondary N) is 1. The minimum atomic E-state index is -0.856. The first-order chi connectivity index (χ1) is 9.49. The van der Waals surface area contributed by atoms with Crippen LogP contribution in [0.3, 0.4) is 0 Å². The molecule has 1 rings (SSSR count). The Labute approximate surface area is 118 Å². The lowest BCUT2D eigenvalue weighted by Gasteiger charge is -2.05. The normalized spacial score (nSPS) is 10.3. The summed E-state index contributed by atoms with van der Waals surface area (Å²) >= 11 is 0. The van der Waals surface area contributed by atoms with E-state index in [1.165, 1.54) is 6.07 Å². The number of benzene rings is 1. The molecule has 5 heteroatoms. The van der Waals surface area contributed by atoms with E-state index in [9.17, 15) is 14.0 Å². The number of amides is 1. The Morgan fingerprint density at radius 2 is 2.00 bits per heavy atom. The maximum Gasteiger partial charge on any atom is 0.303 e. The average molecular weight is 281 g/mol. The number of carbonyl (C=O) groups excluding carboxylic acids is 1. The van der Waals surface area contributed by atoms with Gasteiger partial charge in [-0.05, 0) is 43.4 Å². The third-order valence-electron chi connectivity index (χ3n) is 2.98. The van der Waals surface area contributed by atoms with Crippen LogP contribution in [0.4, 0.5) is 4.39 Å². The Hall–Kier alpha value is -1.91. The number of carboxylic acid groups (broad SMARTS) is 1. The molecular weight excluding hydrogens is 261 g/mol. The van der Waals surface area contributed by atoms with E-state index >= 15 is 0 Å². The lowest BCUT2D eigenvalue weighted by Crippen LogP contribution is -2.24. The van der Waals surface area contributed by atoms with E-state index < -0.39 is 5.97 Å². The smallest absolute Gasteiger partial charge is 0.303 e. The molecule has 0 saturated carbocycles. The van der Waals surface area contributed by atoms with Gasteiger partial charge in [0.15, 0.2) is 0 Å². The molecule has 0 radical (unpaired) electrons. The SMILES string of the molecule is Cc1cc(CCCC(=O)NCCCC(=O)O)ccc1F. The van der Waals surface area contributed by atoms with E-state index in [1.54, 1.807) is 19.1 Å². The van der Waals surface area contributed by atoms with Gasteiger partial charge in [-0.3, -0.25) is 9.59 Å². The Morgan fingerprint density at radius 3 is 2.65 bits per heavy atom. The highest BCUT2D eigenvalue weighted by atomic mass is 19.1. The number of carbonyl (C=O) groups is 2. The van der Waals surface area contributed by atoms with E-state index in [4.69, 9.17) is 5.11 Å². The fourth-order valence-corrected chi connectivity index (χ4v) is 1.87. The van der Waals surface area contributed by atoms with Gasteiger partial charge in [0, 0.05) is 19.4 Å². The van der Waals surface area contributed by atoms with Gasteiger partial charge in [-0.25, -0.2) is 4.39 Å². The van der Waals surface area contributed by atoms with Crippen molar-refractivity contribution in [1.29, 1.82) is 0 Å². The molecule has 0 saturated heterocycles. The van der Waals surface area contributed by atoms with Crippen LogP contribution in [-0.2, 0) is 16.0 Å². The maximum atomic E-state index is 13.1. The van der Waals surface area contributed by atoms with Crippen molar-refractivity contribution in [3.63, 3.8) is 0 Å². The molecule has 0 aliphatic heterocycles. The zero-order chi connectivity index (χ0) is 15.0. The fourth-order valence-electron chi connectivity index (χ4n) is 1.87. The quantitative estimate of drug-likeness (QED) is 0.719. The number of rotatable bonds is 8. The van der Waals surface area contributed by atoms with Crippen LogP contribution in [0.15, 0.2) is 18.2 Å². The summed E-state index contributed by atoms with van der Waals surface area (Å²) in [6, 6.07) is 4.96. The second kappa shape index (κ2) is 8.30. The molecule has 110 valence electrons. The highest BCUT2D eigenvalue weighted by Gasteiger charge is 2.03. The molecule has 0 fully saturated rings. The van der Waals surface area contributed by atoms with Gasteiger partial charge in [0.1, 0.15) is 5.82 Å². The van der Waals surface area contributed by atoms with Crippen LogP contribution in [0.25, 0.3) is 0 Å². The number of halogens is 1. The predicted molar refractivity (Wildman–Crippen MR) is 74.0 cm³/mol. The number of carboxylic acids is 1. The second-order valence-corrected chi connectivity index (χ2v) is 4.78. The van der Waals surface area contributed by atoms with Gasteiger partial charge in [0.05, 0.1) is 0 Å². The van der Waals surface area contributed by atoms with Gasteiger partial charge in [0.25, 0.3) is 0 Å². The van der Waals surface area contributed by atoms with Crippen LogP contribution < -0.4 is 5.32 Å². The molecule has 0 aliphatic carbocycles. The first-order valence-corrected chi connectivity index (χ1v) is 6.72. The third kappa shape index (κ3) is 6.31. The summed E-state index contributed by atoms with van der Waals surface area (Å²) in [6.45, 7) is 2.11.